The van der Waals surface area contributed by atoms with Gasteiger partial charge in [-0.25, -0.2) is 4.39 Å². The van der Waals surface area contributed by atoms with Gasteiger partial charge in [0, 0.05) is 30.3 Å². The van der Waals surface area contributed by atoms with Gasteiger partial charge in [-0.2, -0.15) is 0 Å². The first-order valence-electron chi connectivity index (χ1n) is 11.4. The number of rotatable bonds is 7. The zero-order valence-electron chi connectivity index (χ0n) is 18.4. The van der Waals surface area contributed by atoms with Gasteiger partial charge in [0.15, 0.2) is 6.61 Å². The lowest BCUT2D eigenvalue weighted by Crippen LogP contribution is -2.25. The van der Waals surface area contributed by atoms with E-state index in [0.29, 0.717) is 24.4 Å². The summed E-state index contributed by atoms with van der Waals surface area (Å²) in [7, 11) is 0. The number of amides is 3. The fourth-order valence-corrected chi connectivity index (χ4v) is 4.29. The van der Waals surface area contributed by atoms with Crippen molar-refractivity contribution in [3.63, 3.8) is 0 Å². The molecule has 0 radical (unpaired) electrons. The second-order valence-electron chi connectivity index (χ2n) is 8.50. The van der Waals surface area contributed by atoms with Crippen LogP contribution < -0.4 is 20.3 Å². The molecule has 8 heteroatoms. The van der Waals surface area contributed by atoms with Crippen LogP contribution in [-0.4, -0.2) is 30.9 Å². The Morgan fingerprint density at radius 2 is 1.76 bits per heavy atom. The third kappa shape index (κ3) is 5.88. The van der Waals surface area contributed by atoms with Crippen LogP contribution in [0.4, 0.5) is 21.5 Å². The van der Waals surface area contributed by atoms with E-state index in [1.165, 1.54) is 18.2 Å². The van der Waals surface area contributed by atoms with Crippen molar-refractivity contribution in [1.82, 2.24) is 0 Å². The Bertz CT molecular complexity index is 1020. The number of hydrogen-bond acceptors (Lipinski definition) is 4. The topological polar surface area (TPSA) is 87.7 Å². The predicted octanol–water partition coefficient (Wildman–Crippen LogP) is 4.49. The summed E-state index contributed by atoms with van der Waals surface area (Å²) >= 11 is 0. The van der Waals surface area contributed by atoms with Crippen LogP contribution in [0.15, 0.2) is 42.5 Å². The molecule has 7 nitrogen and oxygen atoms in total. The minimum Gasteiger partial charge on any atom is -0.484 e. The lowest BCUT2D eigenvalue weighted by atomic mass is 9.88. The van der Waals surface area contributed by atoms with Crippen molar-refractivity contribution in [3.8, 4) is 5.75 Å². The average Bonchev–Trinajstić information content (AvgIpc) is 3.26. The van der Waals surface area contributed by atoms with E-state index in [4.69, 9.17) is 4.74 Å². The van der Waals surface area contributed by atoms with Crippen LogP contribution >= 0.6 is 0 Å². The molecule has 0 aromatic heterocycles. The van der Waals surface area contributed by atoms with Crippen molar-refractivity contribution < 1.29 is 23.5 Å². The van der Waals surface area contributed by atoms with Gasteiger partial charge in [0.05, 0.1) is 5.69 Å². The van der Waals surface area contributed by atoms with Gasteiger partial charge in [-0.1, -0.05) is 19.3 Å². The molecule has 0 spiro atoms. The Morgan fingerprint density at radius 3 is 2.45 bits per heavy atom. The molecule has 33 heavy (non-hydrogen) atoms. The largest absolute Gasteiger partial charge is 0.484 e. The van der Waals surface area contributed by atoms with E-state index < -0.39 is 11.7 Å². The summed E-state index contributed by atoms with van der Waals surface area (Å²) in [4.78, 5) is 38.3. The third-order valence-electron chi connectivity index (χ3n) is 6.08. The first kappa shape index (κ1) is 22.8. The SMILES string of the molecule is O=C(COc1ccc(N2CCCC2=O)cc1)Nc1ccc(F)c(NC(=O)C2CCCCC2)c1. The van der Waals surface area contributed by atoms with Crippen LogP contribution in [0.3, 0.4) is 0 Å². The minimum absolute atomic E-state index is 0.0522. The number of anilines is 3. The maximum absolute atomic E-state index is 14.2. The Morgan fingerprint density at radius 1 is 1.00 bits per heavy atom. The molecule has 1 aliphatic heterocycles. The Hall–Kier alpha value is -3.42. The van der Waals surface area contributed by atoms with Crippen molar-refractivity contribution in [2.45, 2.75) is 44.9 Å². The number of nitrogens with one attached hydrogen (secondary N) is 2. The Labute approximate surface area is 192 Å². The molecule has 1 heterocycles. The van der Waals surface area contributed by atoms with Gasteiger partial charge in [0.25, 0.3) is 5.91 Å². The van der Waals surface area contributed by atoms with Gasteiger partial charge < -0.3 is 20.3 Å². The van der Waals surface area contributed by atoms with Crippen LogP contribution in [0.5, 0.6) is 5.75 Å². The maximum atomic E-state index is 14.2. The number of benzene rings is 2. The van der Waals surface area contributed by atoms with Gasteiger partial charge >= 0.3 is 0 Å². The van der Waals surface area contributed by atoms with Gasteiger partial charge in [-0.3, -0.25) is 14.4 Å². The standard InChI is InChI=1S/C25H28FN3O4/c26-21-13-8-18(15-22(21)28-25(32)17-5-2-1-3-6-17)27-23(30)16-33-20-11-9-19(10-12-20)29-14-4-7-24(29)31/h8-13,15,17H,1-7,14,16H2,(H,27,30)(H,28,32). The predicted molar refractivity (Wildman–Crippen MR) is 124 cm³/mol. The van der Waals surface area contributed by atoms with Gasteiger partial charge in [0.2, 0.25) is 11.8 Å². The lowest BCUT2D eigenvalue weighted by Gasteiger charge is -2.21. The normalized spacial score (nSPS) is 16.5. The fraction of sp³-hybridized carbons (Fsp3) is 0.400. The van der Waals surface area contributed by atoms with Crippen LogP contribution in [0.2, 0.25) is 0 Å². The fourth-order valence-electron chi connectivity index (χ4n) is 4.29. The highest BCUT2D eigenvalue weighted by Crippen LogP contribution is 2.27. The van der Waals surface area contributed by atoms with Crippen LogP contribution in [0, 0.1) is 11.7 Å². The quantitative estimate of drug-likeness (QED) is 0.647. The monoisotopic (exact) mass is 453 g/mol. The summed E-state index contributed by atoms with van der Waals surface area (Å²) in [5, 5.41) is 5.32. The second kappa shape index (κ2) is 10.5. The van der Waals surface area contributed by atoms with Crippen molar-refractivity contribution in [2.24, 2.45) is 5.92 Å². The second-order valence-corrected chi connectivity index (χ2v) is 8.50. The highest BCUT2D eigenvalue weighted by Gasteiger charge is 2.23. The summed E-state index contributed by atoms with van der Waals surface area (Å²) in [5.41, 5.74) is 1.23. The van der Waals surface area contributed by atoms with Gasteiger partial charge in [-0.05, 0) is 61.7 Å². The maximum Gasteiger partial charge on any atom is 0.262 e. The third-order valence-corrected chi connectivity index (χ3v) is 6.08. The molecule has 174 valence electrons. The summed E-state index contributed by atoms with van der Waals surface area (Å²) in [6.45, 7) is 0.478. The van der Waals surface area contributed by atoms with E-state index in [2.05, 4.69) is 10.6 Å². The van der Waals surface area contributed by atoms with E-state index in [1.807, 2.05) is 0 Å². The van der Waals surface area contributed by atoms with Crippen molar-refractivity contribution >= 4 is 34.8 Å². The molecule has 4 rings (SSSR count). The number of hydrogen-bond donors (Lipinski definition) is 2. The lowest BCUT2D eigenvalue weighted by molar-refractivity contribution is -0.121. The molecule has 0 atom stereocenters. The highest BCUT2D eigenvalue weighted by molar-refractivity contribution is 5.96. The Balaban J connectivity index is 1.29. The molecular weight excluding hydrogens is 425 g/mol. The number of ether oxygens (including phenoxy) is 1. The smallest absolute Gasteiger partial charge is 0.262 e. The van der Waals surface area contributed by atoms with E-state index in [9.17, 15) is 18.8 Å². The number of nitrogens with zero attached hydrogens (tertiary/aromatic N) is 1. The average molecular weight is 454 g/mol. The molecule has 2 aromatic rings. The number of carbonyl (C=O) groups is 3. The van der Waals surface area contributed by atoms with E-state index in [-0.39, 0.29) is 30.0 Å². The van der Waals surface area contributed by atoms with Crippen molar-refractivity contribution in [3.05, 3.63) is 48.3 Å². The van der Waals surface area contributed by atoms with Crippen molar-refractivity contribution in [1.29, 1.82) is 0 Å². The first-order valence-corrected chi connectivity index (χ1v) is 11.4. The summed E-state index contributed by atoms with van der Waals surface area (Å²) < 4.78 is 19.7. The van der Waals surface area contributed by atoms with Gasteiger partial charge in [0.1, 0.15) is 11.6 Å². The van der Waals surface area contributed by atoms with Crippen LogP contribution in [0.1, 0.15) is 44.9 Å². The highest BCUT2D eigenvalue weighted by atomic mass is 19.1. The molecule has 0 unspecified atom stereocenters. The molecule has 2 N–H and O–H groups in total. The molecular formula is C25H28FN3O4. The summed E-state index contributed by atoms with van der Waals surface area (Å²) in [6, 6.07) is 11.1. The summed E-state index contributed by atoms with van der Waals surface area (Å²) in [6.07, 6.45) is 6.20. The zero-order chi connectivity index (χ0) is 23.2. The van der Waals surface area contributed by atoms with E-state index >= 15 is 0 Å². The molecule has 0 bridgehead atoms. The Kier molecular flexibility index (Phi) is 7.22. The summed E-state index contributed by atoms with van der Waals surface area (Å²) in [5.74, 6) is -0.633. The molecule has 2 fully saturated rings. The van der Waals surface area contributed by atoms with E-state index in [0.717, 1.165) is 44.2 Å². The van der Waals surface area contributed by atoms with E-state index in [1.54, 1.807) is 29.2 Å². The first-order chi connectivity index (χ1) is 16.0. The minimum atomic E-state index is -0.551. The molecule has 2 aromatic carbocycles. The number of halogens is 1. The molecule has 1 saturated carbocycles. The molecule has 3 amide bonds. The van der Waals surface area contributed by atoms with Crippen LogP contribution in [0.25, 0.3) is 0 Å². The zero-order valence-corrected chi connectivity index (χ0v) is 18.4. The van der Waals surface area contributed by atoms with Crippen LogP contribution in [-0.2, 0) is 14.4 Å². The molecule has 1 saturated heterocycles. The van der Waals surface area contributed by atoms with Gasteiger partial charge in [-0.15, -0.1) is 0 Å². The number of carbonyl (C=O) groups excluding carboxylic acids is 3. The molecule has 2 aliphatic rings. The van der Waals surface area contributed by atoms with Crippen molar-refractivity contribution in [2.75, 3.05) is 28.7 Å². The molecule has 1 aliphatic carbocycles.